The van der Waals surface area contributed by atoms with Gasteiger partial charge in [0.2, 0.25) is 0 Å². The van der Waals surface area contributed by atoms with E-state index in [0.717, 1.165) is 0 Å². The Balaban J connectivity index is 2.63. The molecule has 0 aliphatic heterocycles. The van der Waals surface area contributed by atoms with Crippen LogP contribution >= 0.6 is 0 Å². The maximum absolute atomic E-state index is 11.6. The lowest BCUT2D eigenvalue weighted by Gasteiger charge is -2.14. The molecule has 1 saturated carbocycles. The van der Waals surface area contributed by atoms with E-state index in [4.69, 9.17) is 10.5 Å². The molecular weight excluding hydrogens is 202 g/mol. The lowest BCUT2D eigenvalue weighted by atomic mass is 10.1. The molecule has 0 unspecified atom stereocenters. The molecule has 0 aromatic heterocycles. The van der Waals surface area contributed by atoms with Gasteiger partial charge in [-0.1, -0.05) is 6.92 Å². The Hall–Kier alpha value is -0.130. The first-order valence-electron chi connectivity index (χ1n) is 5.02. The molecule has 14 heavy (non-hydrogen) atoms. The zero-order valence-electron chi connectivity index (χ0n) is 8.82. The van der Waals surface area contributed by atoms with Crippen molar-refractivity contribution in [3.8, 4) is 0 Å². The van der Waals surface area contributed by atoms with Crippen LogP contribution in [0.15, 0.2) is 0 Å². The van der Waals surface area contributed by atoms with E-state index < -0.39 is 9.84 Å². The van der Waals surface area contributed by atoms with Crippen LogP contribution in [0.4, 0.5) is 0 Å². The molecule has 0 saturated heterocycles. The molecule has 0 radical (unpaired) electrons. The van der Waals surface area contributed by atoms with Gasteiger partial charge in [-0.15, -0.1) is 0 Å². The van der Waals surface area contributed by atoms with E-state index in [2.05, 4.69) is 0 Å². The molecule has 0 heterocycles. The van der Waals surface area contributed by atoms with Crippen molar-refractivity contribution in [1.82, 2.24) is 0 Å². The Morgan fingerprint density at radius 3 is 2.57 bits per heavy atom. The predicted octanol–water partition coefficient (Wildman–Crippen LogP) is 0.175. The van der Waals surface area contributed by atoms with Crippen LogP contribution in [0.5, 0.6) is 0 Å². The number of rotatable bonds is 6. The second-order valence-electron chi connectivity index (χ2n) is 3.85. The molecule has 4 nitrogen and oxygen atoms in total. The maximum Gasteiger partial charge on any atom is 0.153 e. The molecule has 84 valence electrons. The van der Waals surface area contributed by atoms with Crippen molar-refractivity contribution in [2.75, 3.05) is 25.5 Å². The summed E-state index contributed by atoms with van der Waals surface area (Å²) in [5, 5.41) is -0.267. The van der Waals surface area contributed by atoms with Crippen LogP contribution in [0.2, 0.25) is 0 Å². The largest absolute Gasteiger partial charge is 0.381 e. The molecule has 5 heteroatoms. The quantitative estimate of drug-likeness (QED) is 0.694. The van der Waals surface area contributed by atoms with Crippen molar-refractivity contribution in [1.29, 1.82) is 0 Å². The summed E-state index contributed by atoms with van der Waals surface area (Å²) in [5.41, 5.74) is 5.32. The van der Waals surface area contributed by atoms with Crippen molar-refractivity contribution in [2.24, 2.45) is 11.1 Å². The molecule has 1 aliphatic carbocycles. The van der Waals surface area contributed by atoms with Gasteiger partial charge >= 0.3 is 0 Å². The summed E-state index contributed by atoms with van der Waals surface area (Å²) in [4.78, 5) is 0. The number of sulfone groups is 1. The van der Waals surface area contributed by atoms with Crippen LogP contribution in [0.25, 0.3) is 0 Å². The van der Waals surface area contributed by atoms with Crippen LogP contribution in [-0.4, -0.2) is 39.2 Å². The van der Waals surface area contributed by atoms with Gasteiger partial charge in [0.1, 0.15) is 0 Å². The van der Waals surface area contributed by atoms with Crippen molar-refractivity contribution in [3.63, 3.8) is 0 Å². The average Bonchev–Trinajstić information content (AvgIpc) is 2.91. The Morgan fingerprint density at radius 2 is 2.14 bits per heavy atom. The molecule has 1 aliphatic rings. The first kappa shape index (κ1) is 11.9. The van der Waals surface area contributed by atoms with Crippen molar-refractivity contribution in [2.45, 2.75) is 25.5 Å². The van der Waals surface area contributed by atoms with Gasteiger partial charge in [0.05, 0.1) is 11.9 Å². The van der Waals surface area contributed by atoms with E-state index in [1.165, 1.54) is 0 Å². The summed E-state index contributed by atoms with van der Waals surface area (Å²) in [6.07, 6.45) is 0.666. The van der Waals surface area contributed by atoms with Crippen molar-refractivity contribution >= 4 is 9.84 Å². The Labute approximate surface area is 85.7 Å². The van der Waals surface area contributed by atoms with Gasteiger partial charge in [-0.05, 0) is 13.3 Å². The van der Waals surface area contributed by atoms with E-state index in [0.29, 0.717) is 26.2 Å². The van der Waals surface area contributed by atoms with E-state index in [1.807, 2.05) is 6.92 Å². The third kappa shape index (κ3) is 2.10. The van der Waals surface area contributed by atoms with Crippen LogP contribution in [0.1, 0.15) is 20.3 Å². The zero-order valence-corrected chi connectivity index (χ0v) is 9.64. The van der Waals surface area contributed by atoms with Gasteiger partial charge < -0.3 is 10.5 Å². The summed E-state index contributed by atoms with van der Waals surface area (Å²) in [5.74, 6) is 0.200. The van der Waals surface area contributed by atoms with E-state index in [-0.39, 0.29) is 16.4 Å². The van der Waals surface area contributed by atoms with E-state index in [1.54, 1.807) is 6.92 Å². The van der Waals surface area contributed by atoms with E-state index >= 15 is 0 Å². The monoisotopic (exact) mass is 221 g/mol. The maximum atomic E-state index is 11.6. The topological polar surface area (TPSA) is 69.4 Å². The second-order valence-corrected chi connectivity index (χ2v) is 6.32. The lowest BCUT2D eigenvalue weighted by Crippen LogP contribution is -2.29. The average molecular weight is 221 g/mol. The fourth-order valence-corrected chi connectivity index (χ4v) is 3.66. The number of hydrogen-bond donors (Lipinski definition) is 1. The predicted molar refractivity (Wildman–Crippen MR) is 55.8 cm³/mol. The Bertz CT molecular complexity index is 288. The van der Waals surface area contributed by atoms with Gasteiger partial charge in [-0.3, -0.25) is 0 Å². The van der Waals surface area contributed by atoms with Crippen molar-refractivity contribution < 1.29 is 13.2 Å². The minimum Gasteiger partial charge on any atom is -0.381 e. The SMILES string of the molecule is CCOC[C@@]1(CN)C[C@H]1S(=O)(=O)CC. The summed E-state index contributed by atoms with van der Waals surface area (Å²) in [6, 6.07) is 0. The molecule has 2 atom stereocenters. The van der Waals surface area contributed by atoms with Gasteiger partial charge in [-0.2, -0.15) is 0 Å². The van der Waals surface area contributed by atoms with E-state index in [9.17, 15) is 8.42 Å². The van der Waals surface area contributed by atoms with Crippen molar-refractivity contribution in [3.05, 3.63) is 0 Å². The molecule has 2 N–H and O–H groups in total. The molecule has 0 bridgehead atoms. The molecule has 0 spiro atoms. The summed E-state index contributed by atoms with van der Waals surface area (Å²) in [7, 11) is -2.94. The van der Waals surface area contributed by atoms with Gasteiger partial charge in [-0.25, -0.2) is 8.42 Å². The number of nitrogens with two attached hydrogens (primary N) is 1. The second kappa shape index (κ2) is 4.16. The third-order valence-corrected chi connectivity index (χ3v) is 5.29. The van der Waals surface area contributed by atoms with Crippen LogP contribution < -0.4 is 5.73 Å². The highest BCUT2D eigenvalue weighted by Gasteiger charge is 2.59. The van der Waals surface area contributed by atoms with Crippen LogP contribution in [0.3, 0.4) is 0 Å². The fraction of sp³-hybridized carbons (Fsp3) is 1.00. The zero-order chi connectivity index (χ0) is 10.8. The molecule has 1 rings (SSSR count). The van der Waals surface area contributed by atoms with Gasteiger partial charge in [0.15, 0.2) is 9.84 Å². The minimum atomic E-state index is -2.94. The lowest BCUT2D eigenvalue weighted by molar-refractivity contribution is 0.104. The fourth-order valence-electron chi connectivity index (χ4n) is 1.75. The number of ether oxygens (including phenoxy) is 1. The molecule has 1 fully saturated rings. The van der Waals surface area contributed by atoms with Crippen LogP contribution in [-0.2, 0) is 14.6 Å². The Morgan fingerprint density at radius 1 is 1.50 bits per heavy atom. The molecule has 0 aromatic rings. The molecular formula is C9H19NO3S. The Kier molecular flexibility index (Phi) is 3.55. The normalized spacial score (nSPS) is 31.8. The van der Waals surface area contributed by atoms with Crippen LogP contribution in [0, 0.1) is 5.41 Å². The summed E-state index contributed by atoms with van der Waals surface area (Å²) >= 11 is 0. The third-order valence-electron chi connectivity index (χ3n) is 2.95. The first-order chi connectivity index (χ1) is 6.52. The standard InChI is InChI=1S/C9H19NO3S/c1-3-13-7-9(6-10)5-8(9)14(11,12)4-2/h8H,3-7,10H2,1-2H3/t8-,9+/m1/s1. The smallest absolute Gasteiger partial charge is 0.153 e. The molecule has 0 amide bonds. The number of hydrogen-bond acceptors (Lipinski definition) is 4. The highest BCUT2D eigenvalue weighted by Crippen LogP contribution is 2.50. The summed E-state index contributed by atoms with van der Waals surface area (Å²) in [6.45, 7) is 5.06. The molecule has 0 aromatic carbocycles. The first-order valence-corrected chi connectivity index (χ1v) is 6.73. The highest BCUT2D eigenvalue weighted by molar-refractivity contribution is 7.92. The van der Waals surface area contributed by atoms with Gasteiger partial charge in [0, 0.05) is 24.3 Å². The van der Waals surface area contributed by atoms with Gasteiger partial charge in [0.25, 0.3) is 0 Å². The summed E-state index contributed by atoms with van der Waals surface area (Å²) < 4.78 is 28.5. The highest BCUT2D eigenvalue weighted by atomic mass is 32.2. The minimum absolute atomic E-state index is 0.200.